The van der Waals surface area contributed by atoms with E-state index in [1.165, 1.54) is 25.0 Å². The molecule has 1 aliphatic carbocycles. The van der Waals surface area contributed by atoms with Crippen LogP contribution < -0.4 is 5.32 Å². The number of guanidine groups is 1. The van der Waals surface area contributed by atoms with E-state index in [0.29, 0.717) is 0 Å². The van der Waals surface area contributed by atoms with Crippen LogP contribution in [0, 0.1) is 0 Å². The Labute approximate surface area is 146 Å². The van der Waals surface area contributed by atoms with E-state index >= 15 is 0 Å². The second-order valence-electron chi connectivity index (χ2n) is 6.34. The van der Waals surface area contributed by atoms with E-state index in [4.69, 9.17) is 9.73 Å². The summed E-state index contributed by atoms with van der Waals surface area (Å²) in [6.07, 6.45) is 3.93. The van der Waals surface area contributed by atoms with Crippen molar-refractivity contribution in [3.8, 4) is 0 Å². The molecule has 6 heteroatoms. The minimum Gasteiger partial charge on any atom is -0.383 e. The Morgan fingerprint density at radius 3 is 2.83 bits per heavy atom. The van der Waals surface area contributed by atoms with Crippen molar-refractivity contribution in [1.29, 1.82) is 0 Å². The number of rotatable bonds is 9. The third-order valence-corrected chi connectivity index (χ3v) is 5.90. The molecule has 0 spiro atoms. The second kappa shape index (κ2) is 10.4. The fourth-order valence-corrected chi connectivity index (χ4v) is 4.17. The minimum atomic E-state index is 0.747. The quantitative estimate of drug-likeness (QED) is 0.512. The van der Waals surface area contributed by atoms with E-state index in [9.17, 15) is 0 Å². The molecule has 0 radical (unpaired) electrons. The van der Waals surface area contributed by atoms with Crippen LogP contribution >= 0.6 is 11.8 Å². The summed E-state index contributed by atoms with van der Waals surface area (Å²) >= 11 is 2.11. The van der Waals surface area contributed by atoms with Gasteiger partial charge in [-0.05, 0) is 26.2 Å². The molecule has 5 nitrogen and oxygen atoms in total. The summed E-state index contributed by atoms with van der Waals surface area (Å²) in [5.74, 6) is 2.32. The van der Waals surface area contributed by atoms with E-state index in [0.717, 1.165) is 63.1 Å². The first-order chi connectivity index (χ1) is 11.3. The maximum Gasteiger partial charge on any atom is 0.194 e. The van der Waals surface area contributed by atoms with Crippen LogP contribution in [0.2, 0.25) is 0 Å². The lowest BCUT2D eigenvalue weighted by Gasteiger charge is -2.34. The van der Waals surface area contributed by atoms with Gasteiger partial charge in [0.25, 0.3) is 0 Å². The number of methoxy groups -OCH3 is 1. The van der Waals surface area contributed by atoms with Crippen LogP contribution in [0.15, 0.2) is 4.99 Å². The van der Waals surface area contributed by atoms with Gasteiger partial charge in [0.1, 0.15) is 0 Å². The van der Waals surface area contributed by atoms with Crippen LogP contribution in [-0.4, -0.2) is 85.8 Å². The summed E-state index contributed by atoms with van der Waals surface area (Å²) in [4.78, 5) is 9.89. The number of hydrogen-bond acceptors (Lipinski definition) is 4. The maximum atomic E-state index is 5.24. The highest BCUT2D eigenvalue weighted by Gasteiger charge is 2.28. The van der Waals surface area contributed by atoms with Gasteiger partial charge in [-0.1, -0.05) is 6.92 Å². The molecule has 1 unspecified atom stereocenters. The highest BCUT2D eigenvalue weighted by Crippen LogP contribution is 2.26. The first kappa shape index (κ1) is 18.9. The molecule has 0 bridgehead atoms. The average molecular weight is 343 g/mol. The Hall–Kier alpha value is -0.460. The molecule has 1 N–H and O–H groups in total. The predicted octanol–water partition coefficient (Wildman–Crippen LogP) is 1.89. The molecule has 23 heavy (non-hydrogen) atoms. The molecule has 0 amide bonds. The normalized spacial score (nSPS) is 22.7. The van der Waals surface area contributed by atoms with Crippen molar-refractivity contribution < 1.29 is 4.74 Å². The SMILES string of the molecule is CCNC(=NCCN(CCOC)C1CC1)N1CCSC(CC)C1. The molecule has 0 aromatic carbocycles. The molecule has 1 saturated heterocycles. The minimum absolute atomic E-state index is 0.747. The number of aliphatic imine (C=N–C) groups is 1. The van der Waals surface area contributed by atoms with Gasteiger partial charge in [0.05, 0.1) is 13.2 Å². The standard InChI is InChI=1S/C17H34N4OS/c1-4-16-14-21(11-13-23-16)17(18-5-2)19-8-9-20(10-12-22-3)15-6-7-15/h15-16H,4-14H2,1-3H3,(H,18,19). The van der Waals surface area contributed by atoms with Gasteiger partial charge in [-0.25, -0.2) is 0 Å². The maximum absolute atomic E-state index is 5.24. The first-order valence-corrected chi connectivity index (χ1v) is 10.2. The molecule has 2 rings (SSSR count). The second-order valence-corrected chi connectivity index (χ2v) is 7.75. The van der Waals surface area contributed by atoms with Gasteiger partial charge in [0.2, 0.25) is 0 Å². The van der Waals surface area contributed by atoms with Gasteiger partial charge < -0.3 is 15.0 Å². The molecule has 134 valence electrons. The fourth-order valence-electron chi connectivity index (χ4n) is 2.99. The van der Waals surface area contributed by atoms with E-state index in [2.05, 4.69) is 40.7 Å². The van der Waals surface area contributed by atoms with E-state index in [1.54, 1.807) is 7.11 Å². The van der Waals surface area contributed by atoms with Gasteiger partial charge in [0, 0.05) is 56.9 Å². The molecule has 1 saturated carbocycles. The molecule has 0 aromatic heterocycles. The highest BCUT2D eigenvalue weighted by molar-refractivity contribution is 8.00. The summed E-state index contributed by atoms with van der Waals surface area (Å²) in [5.41, 5.74) is 0. The Kier molecular flexibility index (Phi) is 8.55. The van der Waals surface area contributed by atoms with Crippen molar-refractivity contribution in [2.75, 3.05) is 58.7 Å². The van der Waals surface area contributed by atoms with Crippen molar-refractivity contribution in [3.05, 3.63) is 0 Å². The summed E-state index contributed by atoms with van der Waals surface area (Å²) in [6, 6.07) is 0.777. The van der Waals surface area contributed by atoms with Crippen LogP contribution in [0.5, 0.6) is 0 Å². The van der Waals surface area contributed by atoms with Crippen molar-refractivity contribution in [2.24, 2.45) is 4.99 Å². The third-order valence-electron chi connectivity index (χ3n) is 4.52. The number of hydrogen-bond donors (Lipinski definition) is 1. The lowest BCUT2D eigenvalue weighted by Crippen LogP contribution is -2.48. The van der Waals surface area contributed by atoms with Crippen LogP contribution in [0.4, 0.5) is 0 Å². The largest absolute Gasteiger partial charge is 0.383 e. The smallest absolute Gasteiger partial charge is 0.194 e. The Morgan fingerprint density at radius 1 is 1.35 bits per heavy atom. The van der Waals surface area contributed by atoms with Gasteiger partial charge in [0.15, 0.2) is 5.96 Å². The molecular weight excluding hydrogens is 308 g/mol. The molecule has 1 atom stereocenters. The topological polar surface area (TPSA) is 40.1 Å². The third kappa shape index (κ3) is 6.51. The van der Waals surface area contributed by atoms with Crippen molar-refractivity contribution in [2.45, 2.75) is 44.4 Å². The Balaban J connectivity index is 1.84. The predicted molar refractivity (Wildman–Crippen MR) is 101 cm³/mol. The van der Waals surface area contributed by atoms with Gasteiger partial charge in [-0.2, -0.15) is 11.8 Å². The molecule has 0 aromatic rings. The number of thioether (sulfide) groups is 1. The van der Waals surface area contributed by atoms with Crippen molar-refractivity contribution in [3.63, 3.8) is 0 Å². The van der Waals surface area contributed by atoms with Crippen molar-refractivity contribution in [1.82, 2.24) is 15.1 Å². The van der Waals surface area contributed by atoms with Gasteiger partial charge in [-0.3, -0.25) is 9.89 Å². The molecule has 1 heterocycles. The van der Waals surface area contributed by atoms with E-state index in [-0.39, 0.29) is 0 Å². The zero-order valence-corrected chi connectivity index (χ0v) is 15.9. The zero-order chi connectivity index (χ0) is 16.5. The Morgan fingerprint density at radius 2 is 2.17 bits per heavy atom. The summed E-state index contributed by atoms with van der Waals surface area (Å²) in [6.45, 7) is 11.4. The van der Waals surface area contributed by atoms with E-state index < -0.39 is 0 Å². The van der Waals surface area contributed by atoms with Crippen LogP contribution in [-0.2, 0) is 4.74 Å². The summed E-state index contributed by atoms with van der Waals surface area (Å²) in [5, 5.41) is 4.23. The highest BCUT2D eigenvalue weighted by atomic mass is 32.2. The monoisotopic (exact) mass is 342 g/mol. The molecule has 1 aliphatic heterocycles. The average Bonchev–Trinajstić information content (AvgIpc) is 3.42. The zero-order valence-electron chi connectivity index (χ0n) is 15.1. The van der Waals surface area contributed by atoms with Crippen LogP contribution in [0.1, 0.15) is 33.1 Å². The lowest BCUT2D eigenvalue weighted by molar-refractivity contribution is 0.145. The van der Waals surface area contributed by atoms with Gasteiger partial charge >= 0.3 is 0 Å². The van der Waals surface area contributed by atoms with Gasteiger partial charge in [-0.15, -0.1) is 0 Å². The first-order valence-electron chi connectivity index (χ1n) is 9.16. The number of nitrogens with one attached hydrogen (secondary N) is 1. The van der Waals surface area contributed by atoms with Crippen LogP contribution in [0.3, 0.4) is 0 Å². The Bertz CT molecular complexity index is 363. The summed E-state index contributed by atoms with van der Waals surface area (Å²) in [7, 11) is 1.78. The molecule has 2 fully saturated rings. The van der Waals surface area contributed by atoms with Crippen LogP contribution in [0.25, 0.3) is 0 Å². The number of ether oxygens (including phenoxy) is 1. The lowest BCUT2D eigenvalue weighted by atomic mass is 10.3. The fraction of sp³-hybridized carbons (Fsp3) is 0.941. The summed E-state index contributed by atoms with van der Waals surface area (Å²) < 4.78 is 5.24. The molecule has 2 aliphatic rings. The number of nitrogens with zero attached hydrogens (tertiary/aromatic N) is 3. The molecular formula is C17H34N4OS. The van der Waals surface area contributed by atoms with Crippen molar-refractivity contribution >= 4 is 17.7 Å². The van der Waals surface area contributed by atoms with E-state index in [1.807, 2.05) is 0 Å².